The van der Waals surface area contributed by atoms with Gasteiger partial charge in [-0.25, -0.2) is 14.6 Å². The molecule has 0 aliphatic carbocycles. The van der Waals surface area contributed by atoms with E-state index in [0.29, 0.717) is 11.5 Å². The Balaban J connectivity index is 1.51. The number of nitrogens with zero attached hydrogens (tertiary/aromatic N) is 4. The predicted molar refractivity (Wildman–Crippen MR) is 118 cm³/mol. The lowest BCUT2D eigenvalue weighted by Crippen LogP contribution is -2.41. The van der Waals surface area contributed by atoms with E-state index in [2.05, 4.69) is 25.9 Å². The van der Waals surface area contributed by atoms with Crippen LogP contribution in [0.4, 0.5) is 0 Å². The van der Waals surface area contributed by atoms with Gasteiger partial charge in [-0.3, -0.25) is 20.4 Å². The second-order valence-electron chi connectivity index (χ2n) is 6.44. The number of amides is 2. The molecule has 0 bridgehead atoms. The molecule has 0 aliphatic heterocycles. The van der Waals surface area contributed by atoms with Crippen molar-refractivity contribution in [2.75, 3.05) is 0 Å². The van der Waals surface area contributed by atoms with Gasteiger partial charge in [0.05, 0.1) is 16.4 Å². The lowest BCUT2D eigenvalue weighted by atomic mass is 10.2. The normalized spacial score (nSPS) is 10.9. The Bertz CT molecular complexity index is 1170. The first kappa shape index (κ1) is 20.2. The highest BCUT2D eigenvalue weighted by Crippen LogP contribution is 2.20. The van der Waals surface area contributed by atoms with Crippen molar-refractivity contribution in [3.05, 3.63) is 88.6 Å². The summed E-state index contributed by atoms with van der Waals surface area (Å²) in [6, 6.07) is 18.8. The number of carbonyl (C=O) groups is 2. The monoisotopic (exact) mass is 430 g/mol. The maximum absolute atomic E-state index is 12.6. The molecule has 0 unspecified atom stereocenters. The van der Waals surface area contributed by atoms with Crippen LogP contribution >= 0.6 is 11.3 Å². The van der Waals surface area contributed by atoms with Crippen molar-refractivity contribution in [1.82, 2.24) is 30.6 Å². The molecule has 2 amide bonds. The van der Waals surface area contributed by atoms with Gasteiger partial charge in [0.1, 0.15) is 0 Å². The first-order chi connectivity index (χ1) is 15.1. The van der Waals surface area contributed by atoms with Crippen molar-refractivity contribution in [3.63, 3.8) is 0 Å². The predicted octanol–water partition coefficient (Wildman–Crippen LogP) is 3.17. The Labute approximate surface area is 182 Å². The lowest BCUT2D eigenvalue weighted by molar-refractivity contribution is -0.117. The molecule has 0 saturated carbocycles. The molecular formula is C22H18N6O2S. The fourth-order valence-corrected chi connectivity index (χ4v) is 3.35. The molecule has 4 rings (SSSR count). The van der Waals surface area contributed by atoms with E-state index in [-0.39, 0.29) is 5.82 Å². The van der Waals surface area contributed by atoms with Gasteiger partial charge in [0, 0.05) is 17.0 Å². The summed E-state index contributed by atoms with van der Waals surface area (Å²) in [6.07, 6.45) is 2.86. The summed E-state index contributed by atoms with van der Waals surface area (Å²) in [5, 5.41) is 7.09. The minimum atomic E-state index is -0.627. The van der Waals surface area contributed by atoms with Gasteiger partial charge < -0.3 is 0 Å². The maximum atomic E-state index is 12.6. The third-order valence-corrected chi connectivity index (χ3v) is 4.98. The highest BCUT2D eigenvalue weighted by atomic mass is 32.1. The molecule has 4 aromatic rings. The number of benzene rings is 2. The third kappa shape index (κ3) is 4.90. The standard InChI is InChI=1S/C22H18N6O2S/c1-15-23-17(14-31-15)12-13-19(29)25-26-22(30)20-24-21(16-8-4-2-5-9-16)28(27-20)18-10-6-3-7-11-18/h2-14H,1H3,(H,25,29)(H,26,30)/b13-12+. The van der Waals surface area contributed by atoms with E-state index in [1.165, 1.54) is 17.4 Å². The summed E-state index contributed by atoms with van der Waals surface area (Å²) in [4.78, 5) is 33.2. The number of aryl methyl sites for hydroxylation is 1. The fraction of sp³-hybridized carbons (Fsp3) is 0.0455. The molecule has 9 heteroatoms. The van der Waals surface area contributed by atoms with Crippen LogP contribution in [0.3, 0.4) is 0 Å². The minimum absolute atomic E-state index is 0.0675. The highest BCUT2D eigenvalue weighted by molar-refractivity contribution is 7.09. The van der Waals surface area contributed by atoms with E-state index < -0.39 is 11.8 Å². The van der Waals surface area contributed by atoms with Crippen LogP contribution in [0.5, 0.6) is 0 Å². The van der Waals surface area contributed by atoms with E-state index in [0.717, 1.165) is 16.3 Å². The van der Waals surface area contributed by atoms with Crippen LogP contribution in [-0.4, -0.2) is 31.6 Å². The SMILES string of the molecule is Cc1nc(/C=C/C(=O)NNC(=O)c2nc(-c3ccccc3)n(-c3ccccc3)n2)cs1. The van der Waals surface area contributed by atoms with E-state index >= 15 is 0 Å². The molecule has 0 radical (unpaired) electrons. The molecule has 2 heterocycles. The Morgan fingerprint density at radius 2 is 1.68 bits per heavy atom. The number of hydrazine groups is 1. The lowest BCUT2D eigenvalue weighted by Gasteiger charge is -2.05. The second-order valence-corrected chi connectivity index (χ2v) is 7.50. The first-order valence-electron chi connectivity index (χ1n) is 9.38. The van der Waals surface area contributed by atoms with Crippen LogP contribution in [0.15, 0.2) is 72.1 Å². The Morgan fingerprint density at radius 1 is 0.968 bits per heavy atom. The van der Waals surface area contributed by atoms with Gasteiger partial charge in [-0.1, -0.05) is 48.5 Å². The van der Waals surface area contributed by atoms with Crippen molar-refractivity contribution in [1.29, 1.82) is 0 Å². The Hall–Kier alpha value is -4.11. The average molecular weight is 430 g/mol. The second kappa shape index (κ2) is 9.14. The first-order valence-corrected chi connectivity index (χ1v) is 10.3. The van der Waals surface area contributed by atoms with Crippen molar-refractivity contribution in [3.8, 4) is 17.1 Å². The molecule has 0 spiro atoms. The number of aromatic nitrogens is 4. The van der Waals surface area contributed by atoms with E-state index in [9.17, 15) is 9.59 Å². The summed E-state index contributed by atoms with van der Waals surface area (Å²) in [7, 11) is 0. The van der Waals surface area contributed by atoms with Crippen molar-refractivity contribution in [2.24, 2.45) is 0 Å². The zero-order chi connectivity index (χ0) is 21.6. The largest absolute Gasteiger partial charge is 0.309 e. The van der Waals surface area contributed by atoms with E-state index in [1.54, 1.807) is 10.8 Å². The van der Waals surface area contributed by atoms with Gasteiger partial charge in [-0.2, -0.15) is 0 Å². The van der Waals surface area contributed by atoms with Gasteiger partial charge in [0.15, 0.2) is 5.82 Å². The van der Waals surface area contributed by atoms with Crippen LogP contribution in [0.2, 0.25) is 0 Å². The molecule has 31 heavy (non-hydrogen) atoms. The summed E-state index contributed by atoms with van der Waals surface area (Å²) in [5.74, 6) is -0.674. The number of rotatable bonds is 5. The summed E-state index contributed by atoms with van der Waals surface area (Å²) >= 11 is 1.49. The zero-order valence-corrected chi connectivity index (χ0v) is 17.3. The van der Waals surface area contributed by atoms with Gasteiger partial charge in [-0.15, -0.1) is 16.4 Å². The maximum Gasteiger partial charge on any atom is 0.309 e. The Morgan fingerprint density at radius 3 is 2.35 bits per heavy atom. The van der Waals surface area contributed by atoms with Gasteiger partial charge in [0.2, 0.25) is 5.82 Å². The van der Waals surface area contributed by atoms with E-state index in [4.69, 9.17) is 0 Å². The van der Waals surface area contributed by atoms with Crippen molar-refractivity contribution in [2.45, 2.75) is 6.92 Å². The minimum Gasteiger partial charge on any atom is -0.268 e. The molecule has 0 saturated heterocycles. The topological polar surface area (TPSA) is 102 Å². The van der Waals surface area contributed by atoms with Crippen molar-refractivity contribution >= 4 is 29.2 Å². The number of thiazole rings is 1. The van der Waals surface area contributed by atoms with Gasteiger partial charge in [0.25, 0.3) is 5.91 Å². The van der Waals surface area contributed by atoms with Crippen LogP contribution in [0, 0.1) is 6.92 Å². The quantitative estimate of drug-likeness (QED) is 0.374. The molecule has 8 nitrogen and oxygen atoms in total. The summed E-state index contributed by atoms with van der Waals surface area (Å²) in [5.41, 5.74) is 6.92. The van der Waals surface area contributed by atoms with Crippen LogP contribution < -0.4 is 10.9 Å². The number of nitrogens with one attached hydrogen (secondary N) is 2. The van der Waals surface area contributed by atoms with Gasteiger partial charge in [-0.05, 0) is 25.1 Å². The van der Waals surface area contributed by atoms with Gasteiger partial charge >= 0.3 is 5.91 Å². The smallest absolute Gasteiger partial charge is 0.268 e. The van der Waals surface area contributed by atoms with Crippen molar-refractivity contribution < 1.29 is 9.59 Å². The molecular weight excluding hydrogens is 412 g/mol. The molecule has 2 aromatic carbocycles. The highest BCUT2D eigenvalue weighted by Gasteiger charge is 2.18. The Kier molecular flexibility index (Phi) is 5.95. The molecule has 2 aromatic heterocycles. The molecule has 0 aliphatic rings. The molecule has 154 valence electrons. The fourth-order valence-electron chi connectivity index (χ4n) is 2.77. The number of para-hydroxylation sites is 1. The number of hydrogen-bond acceptors (Lipinski definition) is 6. The summed E-state index contributed by atoms with van der Waals surface area (Å²) in [6.45, 7) is 1.88. The van der Waals surface area contributed by atoms with Crippen LogP contribution in [0.1, 0.15) is 21.3 Å². The third-order valence-electron chi connectivity index (χ3n) is 4.18. The molecule has 0 fully saturated rings. The number of carbonyl (C=O) groups excluding carboxylic acids is 2. The molecule has 0 atom stereocenters. The summed E-state index contributed by atoms with van der Waals surface area (Å²) < 4.78 is 1.59. The number of hydrogen-bond donors (Lipinski definition) is 2. The average Bonchev–Trinajstić information content (AvgIpc) is 3.44. The van der Waals surface area contributed by atoms with Crippen LogP contribution in [-0.2, 0) is 4.79 Å². The van der Waals surface area contributed by atoms with E-state index in [1.807, 2.05) is 73.0 Å². The molecule has 2 N–H and O–H groups in total. The van der Waals surface area contributed by atoms with Crippen LogP contribution in [0.25, 0.3) is 23.2 Å². The zero-order valence-electron chi connectivity index (χ0n) is 16.5.